The number of amides is 1. The number of hydrogen-bond donors (Lipinski definition) is 2. The first-order valence-electron chi connectivity index (χ1n) is 5.27. The van der Waals surface area contributed by atoms with Crippen molar-refractivity contribution in [3.63, 3.8) is 0 Å². The number of rotatable bonds is 2. The smallest absolute Gasteiger partial charge is 0.277 e. The standard InChI is InChI=1S/C12H11Br2N3O/c1-6-3-4-7(2)8(5-6)15-12(18)10-9(13)11(14)17-16-10/h3-5H,1-2H3,(H,15,18)(H,16,17). The SMILES string of the molecule is Cc1ccc(C)c(NC(=O)c2n[nH]c(Br)c2Br)c1. The van der Waals surface area contributed by atoms with Crippen molar-refractivity contribution in [3.05, 3.63) is 44.1 Å². The molecule has 0 spiro atoms. The third-order valence-electron chi connectivity index (χ3n) is 2.52. The van der Waals surface area contributed by atoms with Crippen LogP contribution in [0.3, 0.4) is 0 Å². The summed E-state index contributed by atoms with van der Waals surface area (Å²) in [5.41, 5.74) is 3.23. The molecule has 2 aromatic rings. The summed E-state index contributed by atoms with van der Waals surface area (Å²) in [6.07, 6.45) is 0. The lowest BCUT2D eigenvalue weighted by atomic mass is 10.1. The van der Waals surface area contributed by atoms with Gasteiger partial charge in [0.15, 0.2) is 5.69 Å². The molecule has 0 atom stereocenters. The Hall–Kier alpha value is -1.14. The fourth-order valence-electron chi connectivity index (χ4n) is 1.51. The van der Waals surface area contributed by atoms with Gasteiger partial charge in [0.1, 0.15) is 4.60 Å². The van der Waals surface area contributed by atoms with E-state index >= 15 is 0 Å². The maximum Gasteiger partial charge on any atom is 0.277 e. The number of hydrogen-bond acceptors (Lipinski definition) is 2. The number of halogens is 2. The van der Waals surface area contributed by atoms with Crippen LogP contribution in [0, 0.1) is 13.8 Å². The average Bonchev–Trinajstić information content (AvgIpc) is 2.65. The highest BCUT2D eigenvalue weighted by atomic mass is 79.9. The minimum Gasteiger partial charge on any atom is -0.320 e. The summed E-state index contributed by atoms with van der Waals surface area (Å²) < 4.78 is 1.26. The topological polar surface area (TPSA) is 57.8 Å². The van der Waals surface area contributed by atoms with Gasteiger partial charge in [-0.15, -0.1) is 0 Å². The summed E-state index contributed by atoms with van der Waals surface area (Å²) in [6, 6.07) is 5.91. The number of aryl methyl sites for hydroxylation is 2. The van der Waals surface area contributed by atoms with Gasteiger partial charge in [-0.2, -0.15) is 5.10 Å². The molecule has 4 nitrogen and oxygen atoms in total. The van der Waals surface area contributed by atoms with Gasteiger partial charge < -0.3 is 5.32 Å². The molecule has 0 aliphatic heterocycles. The summed E-state index contributed by atoms with van der Waals surface area (Å²) in [6.45, 7) is 3.93. The minimum atomic E-state index is -0.252. The average molecular weight is 373 g/mol. The lowest BCUT2D eigenvalue weighted by molar-refractivity contribution is 0.102. The predicted molar refractivity (Wildman–Crippen MR) is 77.9 cm³/mol. The number of aromatic nitrogens is 2. The minimum absolute atomic E-state index is 0.252. The molecular weight excluding hydrogens is 362 g/mol. The summed E-state index contributed by atoms with van der Waals surface area (Å²) in [7, 11) is 0. The number of anilines is 1. The first-order chi connectivity index (χ1) is 8.49. The number of carbonyl (C=O) groups is 1. The highest BCUT2D eigenvalue weighted by molar-refractivity contribution is 9.13. The third-order valence-corrected chi connectivity index (χ3v) is 4.40. The van der Waals surface area contributed by atoms with Crippen LogP contribution in [0.25, 0.3) is 0 Å². The van der Waals surface area contributed by atoms with E-state index in [4.69, 9.17) is 0 Å². The molecule has 1 aromatic carbocycles. The van der Waals surface area contributed by atoms with Crippen LogP contribution in [-0.4, -0.2) is 16.1 Å². The molecule has 0 aliphatic carbocycles. The van der Waals surface area contributed by atoms with E-state index in [9.17, 15) is 4.79 Å². The van der Waals surface area contributed by atoms with Crippen LogP contribution in [0.2, 0.25) is 0 Å². The van der Waals surface area contributed by atoms with Crippen LogP contribution in [0.5, 0.6) is 0 Å². The Morgan fingerprint density at radius 3 is 2.67 bits per heavy atom. The number of nitrogens with one attached hydrogen (secondary N) is 2. The first kappa shape index (κ1) is 13.3. The lowest BCUT2D eigenvalue weighted by Crippen LogP contribution is -2.14. The Morgan fingerprint density at radius 1 is 1.33 bits per heavy atom. The van der Waals surface area contributed by atoms with E-state index in [0.717, 1.165) is 16.8 Å². The van der Waals surface area contributed by atoms with Crippen molar-refractivity contribution in [2.75, 3.05) is 5.32 Å². The molecule has 0 unspecified atom stereocenters. The van der Waals surface area contributed by atoms with Gasteiger partial charge in [0.05, 0.1) is 4.47 Å². The predicted octanol–water partition coefficient (Wildman–Crippen LogP) is 3.80. The van der Waals surface area contributed by atoms with Crippen molar-refractivity contribution in [1.29, 1.82) is 0 Å². The second-order valence-electron chi connectivity index (χ2n) is 3.97. The molecule has 0 saturated heterocycles. The van der Waals surface area contributed by atoms with Gasteiger partial charge in [-0.3, -0.25) is 9.89 Å². The van der Waals surface area contributed by atoms with Crippen LogP contribution in [0.4, 0.5) is 5.69 Å². The van der Waals surface area contributed by atoms with E-state index in [0.29, 0.717) is 14.8 Å². The Kier molecular flexibility index (Phi) is 3.87. The molecule has 1 aromatic heterocycles. The van der Waals surface area contributed by atoms with E-state index in [1.54, 1.807) is 0 Å². The van der Waals surface area contributed by atoms with Crippen molar-refractivity contribution in [3.8, 4) is 0 Å². The van der Waals surface area contributed by atoms with Crippen LogP contribution in [-0.2, 0) is 0 Å². The molecule has 6 heteroatoms. The molecule has 0 saturated carbocycles. The second kappa shape index (κ2) is 5.24. The molecule has 2 N–H and O–H groups in total. The van der Waals surface area contributed by atoms with E-state index in [-0.39, 0.29) is 5.91 Å². The Balaban J connectivity index is 2.27. The van der Waals surface area contributed by atoms with Crippen molar-refractivity contribution < 1.29 is 4.79 Å². The zero-order valence-electron chi connectivity index (χ0n) is 9.84. The molecule has 18 heavy (non-hydrogen) atoms. The van der Waals surface area contributed by atoms with Crippen molar-refractivity contribution in [1.82, 2.24) is 10.2 Å². The van der Waals surface area contributed by atoms with Gasteiger partial charge in [0.25, 0.3) is 5.91 Å². The maximum absolute atomic E-state index is 12.1. The molecule has 94 valence electrons. The molecule has 0 aliphatic rings. The summed E-state index contributed by atoms with van der Waals surface area (Å²) >= 11 is 6.55. The zero-order chi connectivity index (χ0) is 13.3. The van der Waals surface area contributed by atoms with Gasteiger partial charge in [0.2, 0.25) is 0 Å². The summed E-state index contributed by atoms with van der Waals surface area (Å²) in [5, 5.41) is 9.47. The first-order valence-corrected chi connectivity index (χ1v) is 6.85. The van der Waals surface area contributed by atoms with Crippen LogP contribution < -0.4 is 5.32 Å². The summed E-state index contributed by atoms with van der Waals surface area (Å²) in [4.78, 5) is 12.1. The number of benzene rings is 1. The van der Waals surface area contributed by atoms with Crippen molar-refractivity contribution >= 4 is 43.5 Å². The number of carbonyl (C=O) groups excluding carboxylic acids is 1. The largest absolute Gasteiger partial charge is 0.320 e. The van der Waals surface area contributed by atoms with E-state index < -0.39 is 0 Å². The maximum atomic E-state index is 12.1. The number of aromatic amines is 1. The number of H-pyrrole nitrogens is 1. The fourth-order valence-corrected chi connectivity index (χ4v) is 2.14. The molecule has 2 rings (SSSR count). The summed E-state index contributed by atoms with van der Waals surface area (Å²) in [5.74, 6) is -0.252. The van der Waals surface area contributed by atoms with Crippen LogP contribution >= 0.6 is 31.9 Å². The normalized spacial score (nSPS) is 10.4. The molecule has 1 amide bonds. The molecule has 1 heterocycles. The number of nitrogens with zero attached hydrogens (tertiary/aromatic N) is 1. The highest BCUT2D eigenvalue weighted by Crippen LogP contribution is 2.25. The van der Waals surface area contributed by atoms with Crippen LogP contribution in [0.15, 0.2) is 27.3 Å². The quantitative estimate of drug-likeness (QED) is 0.842. The van der Waals surface area contributed by atoms with Gasteiger partial charge in [-0.1, -0.05) is 12.1 Å². The fraction of sp³-hybridized carbons (Fsp3) is 0.167. The van der Waals surface area contributed by atoms with E-state index in [2.05, 4.69) is 47.4 Å². The zero-order valence-corrected chi connectivity index (χ0v) is 13.0. The highest BCUT2D eigenvalue weighted by Gasteiger charge is 2.17. The van der Waals surface area contributed by atoms with E-state index in [1.807, 2.05) is 32.0 Å². The third kappa shape index (κ3) is 2.64. The van der Waals surface area contributed by atoms with E-state index in [1.165, 1.54) is 0 Å². The molecule has 0 radical (unpaired) electrons. The Bertz CT molecular complexity index is 607. The lowest BCUT2D eigenvalue weighted by Gasteiger charge is -2.08. The molecular formula is C12H11Br2N3O. The molecule has 0 bridgehead atoms. The monoisotopic (exact) mass is 371 g/mol. The van der Waals surface area contributed by atoms with Gasteiger partial charge in [0, 0.05) is 5.69 Å². The van der Waals surface area contributed by atoms with Gasteiger partial charge >= 0.3 is 0 Å². The molecule has 0 fully saturated rings. The van der Waals surface area contributed by atoms with Crippen molar-refractivity contribution in [2.45, 2.75) is 13.8 Å². The Morgan fingerprint density at radius 2 is 2.06 bits per heavy atom. The van der Waals surface area contributed by atoms with Crippen molar-refractivity contribution in [2.24, 2.45) is 0 Å². The second-order valence-corrected chi connectivity index (χ2v) is 5.56. The van der Waals surface area contributed by atoms with Crippen LogP contribution in [0.1, 0.15) is 21.6 Å². The van der Waals surface area contributed by atoms with Gasteiger partial charge in [-0.05, 0) is 62.9 Å². The van der Waals surface area contributed by atoms with Gasteiger partial charge in [-0.25, -0.2) is 0 Å². The Labute approximate surface area is 121 Å².